The maximum absolute atomic E-state index is 12.5. The number of carbonyl (C=O) groups excluding carboxylic acids is 1. The number of aliphatic hydroxyl groups excluding tert-OH is 1. The van der Waals surface area contributed by atoms with Crippen molar-refractivity contribution in [3.63, 3.8) is 0 Å². The van der Waals surface area contributed by atoms with Crippen molar-refractivity contribution < 1.29 is 9.90 Å². The van der Waals surface area contributed by atoms with Crippen LogP contribution in [0.3, 0.4) is 0 Å². The lowest BCUT2D eigenvalue weighted by Crippen LogP contribution is -2.53. The monoisotopic (exact) mass is 305 g/mol. The van der Waals surface area contributed by atoms with Crippen LogP contribution >= 0.6 is 11.8 Å². The van der Waals surface area contributed by atoms with Crippen LogP contribution < -0.4 is 5.32 Å². The zero-order chi connectivity index (χ0) is 14.9. The molecule has 2 aromatic rings. The van der Waals surface area contributed by atoms with Crippen LogP contribution in [0.1, 0.15) is 28.9 Å². The number of aromatic nitrogens is 2. The highest BCUT2D eigenvalue weighted by atomic mass is 32.2. The molecule has 6 heteroatoms. The predicted molar refractivity (Wildman–Crippen MR) is 83.8 cm³/mol. The van der Waals surface area contributed by atoms with Gasteiger partial charge in [-0.1, -0.05) is 0 Å². The Kier molecular flexibility index (Phi) is 3.91. The first kappa shape index (κ1) is 14.4. The summed E-state index contributed by atoms with van der Waals surface area (Å²) in [6.45, 7) is 1.91. The Hall–Kier alpha value is -1.53. The Morgan fingerprint density at radius 3 is 3.00 bits per heavy atom. The van der Waals surface area contributed by atoms with Crippen LogP contribution in [0.25, 0.3) is 5.65 Å². The molecule has 3 rings (SSSR count). The third-order valence-corrected chi connectivity index (χ3v) is 4.96. The van der Waals surface area contributed by atoms with Gasteiger partial charge in [-0.05, 0) is 43.4 Å². The highest BCUT2D eigenvalue weighted by Gasteiger charge is 2.33. The van der Waals surface area contributed by atoms with Gasteiger partial charge in [0.2, 0.25) is 0 Å². The number of fused-ring (bicyclic) bond motifs is 1. The highest BCUT2D eigenvalue weighted by Crippen LogP contribution is 2.27. The molecule has 0 spiro atoms. The Balaban J connectivity index is 1.82. The molecule has 0 radical (unpaired) electrons. The Morgan fingerprint density at radius 2 is 2.29 bits per heavy atom. The minimum absolute atomic E-state index is 0.00989. The molecule has 1 saturated heterocycles. The number of carbonyl (C=O) groups is 1. The standard InChI is InChI=1S/C15H19N3O2S/c1-11-9-18-5-2-12(8-13(18)16-11)14(20)17-15(10-19)3-6-21-7-4-15/h2,5,8-9,19H,3-4,6-7,10H2,1H3,(H,17,20). The minimum Gasteiger partial charge on any atom is -0.394 e. The summed E-state index contributed by atoms with van der Waals surface area (Å²) in [5, 5.41) is 12.7. The number of nitrogens with zero attached hydrogens (tertiary/aromatic N) is 2. The van der Waals surface area contributed by atoms with Gasteiger partial charge in [0.05, 0.1) is 17.8 Å². The first-order valence-electron chi connectivity index (χ1n) is 7.08. The van der Waals surface area contributed by atoms with Crippen LogP contribution in [-0.2, 0) is 0 Å². The lowest BCUT2D eigenvalue weighted by atomic mass is 9.93. The molecule has 21 heavy (non-hydrogen) atoms. The van der Waals surface area contributed by atoms with E-state index in [1.54, 1.807) is 12.1 Å². The number of amides is 1. The topological polar surface area (TPSA) is 66.6 Å². The van der Waals surface area contributed by atoms with E-state index >= 15 is 0 Å². The number of aryl methyl sites for hydroxylation is 1. The molecular weight excluding hydrogens is 286 g/mol. The normalized spacial score (nSPS) is 17.8. The number of rotatable bonds is 3. The molecule has 1 aliphatic heterocycles. The van der Waals surface area contributed by atoms with E-state index in [9.17, 15) is 9.90 Å². The zero-order valence-electron chi connectivity index (χ0n) is 12.0. The van der Waals surface area contributed by atoms with Crippen LogP contribution in [0.5, 0.6) is 0 Å². The average Bonchev–Trinajstić information content (AvgIpc) is 2.87. The van der Waals surface area contributed by atoms with Gasteiger partial charge in [-0.2, -0.15) is 11.8 Å². The second-order valence-electron chi connectivity index (χ2n) is 5.57. The van der Waals surface area contributed by atoms with Crippen molar-refractivity contribution in [3.8, 4) is 0 Å². The third-order valence-electron chi connectivity index (χ3n) is 3.97. The molecule has 0 bridgehead atoms. The van der Waals surface area contributed by atoms with E-state index in [0.29, 0.717) is 5.56 Å². The number of nitrogens with one attached hydrogen (secondary N) is 1. The van der Waals surface area contributed by atoms with Gasteiger partial charge in [-0.3, -0.25) is 4.79 Å². The lowest BCUT2D eigenvalue weighted by Gasteiger charge is -2.36. The van der Waals surface area contributed by atoms with Gasteiger partial charge < -0.3 is 14.8 Å². The molecule has 3 heterocycles. The SMILES string of the molecule is Cc1cn2ccc(C(=O)NC3(CO)CCSCC3)cc2n1. The fraction of sp³-hybridized carbons (Fsp3) is 0.467. The molecule has 112 valence electrons. The molecule has 0 aliphatic carbocycles. The summed E-state index contributed by atoms with van der Waals surface area (Å²) in [6.07, 6.45) is 5.38. The van der Waals surface area contributed by atoms with Crippen molar-refractivity contribution in [2.24, 2.45) is 0 Å². The summed E-state index contributed by atoms with van der Waals surface area (Å²) >= 11 is 1.86. The summed E-state index contributed by atoms with van der Waals surface area (Å²) in [4.78, 5) is 16.8. The lowest BCUT2D eigenvalue weighted by molar-refractivity contribution is 0.0817. The zero-order valence-corrected chi connectivity index (χ0v) is 12.8. The minimum atomic E-state index is -0.472. The van der Waals surface area contributed by atoms with E-state index < -0.39 is 5.54 Å². The molecule has 5 nitrogen and oxygen atoms in total. The third kappa shape index (κ3) is 2.91. The van der Waals surface area contributed by atoms with Crippen molar-refractivity contribution in [3.05, 3.63) is 35.8 Å². The fourth-order valence-corrected chi connectivity index (χ4v) is 3.92. The maximum atomic E-state index is 12.5. The largest absolute Gasteiger partial charge is 0.394 e. The van der Waals surface area contributed by atoms with Crippen LogP contribution in [0.2, 0.25) is 0 Å². The highest BCUT2D eigenvalue weighted by molar-refractivity contribution is 7.99. The van der Waals surface area contributed by atoms with E-state index in [4.69, 9.17) is 0 Å². The van der Waals surface area contributed by atoms with E-state index in [1.807, 2.05) is 35.5 Å². The number of thioether (sulfide) groups is 1. The van der Waals surface area contributed by atoms with Gasteiger partial charge in [0.15, 0.2) is 0 Å². The van der Waals surface area contributed by atoms with Gasteiger partial charge in [0.1, 0.15) is 5.65 Å². The first-order valence-corrected chi connectivity index (χ1v) is 8.24. The van der Waals surface area contributed by atoms with Crippen LogP contribution in [0.15, 0.2) is 24.5 Å². The van der Waals surface area contributed by atoms with E-state index in [-0.39, 0.29) is 12.5 Å². The molecule has 2 N–H and O–H groups in total. The Labute approximate surface area is 127 Å². The number of imidazole rings is 1. The van der Waals surface area contributed by atoms with Crippen molar-refractivity contribution >= 4 is 23.3 Å². The molecule has 2 aromatic heterocycles. The molecule has 0 saturated carbocycles. The summed E-state index contributed by atoms with van der Waals surface area (Å²) in [7, 11) is 0. The molecule has 1 amide bonds. The second-order valence-corrected chi connectivity index (χ2v) is 6.79. The van der Waals surface area contributed by atoms with Crippen LogP contribution in [-0.4, -0.2) is 44.0 Å². The van der Waals surface area contributed by atoms with Gasteiger partial charge in [-0.25, -0.2) is 4.98 Å². The van der Waals surface area contributed by atoms with Crippen LogP contribution in [0.4, 0.5) is 0 Å². The van der Waals surface area contributed by atoms with Gasteiger partial charge in [-0.15, -0.1) is 0 Å². The van der Waals surface area contributed by atoms with Gasteiger partial charge in [0.25, 0.3) is 5.91 Å². The van der Waals surface area contributed by atoms with E-state index in [0.717, 1.165) is 35.7 Å². The first-order chi connectivity index (χ1) is 10.1. The second kappa shape index (κ2) is 5.69. The van der Waals surface area contributed by atoms with Crippen molar-refractivity contribution in [2.75, 3.05) is 18.1 Å². The van der Waals surface area contributed by atoms with Crippen LogP contribution in [0, 0.1) is 6.92 Å². The van der Waals surface area contributed by atoms with Gasteiger partial charge in [0, 0.05) is 18.0 Å². The average molecular weight is 305 g/mol. The molecule has 0 unspecified atom stereocenters. The Bertz CT molecular complexity index is 662. The van der Waals surface area contributed by atoms with Crippen molar-refractivity contribution in [2.45, 2.75) is 25.3 Å². The molecular formula is C15H19N3O2S. The van der Waals surface area contributed by atoms with Gasteiger partial charge >= 0.3 is 0 Å². The predicted octanol–water partition coefficient (Wildman–Crippen LogP) is 1.63. The molecule has 1 aliphatic rings. The van der Waals surface area contributed by atoms with Crippen molar-refractivity contribution in [1.82, 2.24) is 14.7 Å². The number of aliphatic hydroxyl groups is 1. The number of hydrogen-bond acceptors (Lipinski definition) is 4. The van der Waals surface area contributed by atoms with E-state index in [2.05, 4.69) is 10.3 Å². The summed E-state index contributed by atoms with van der Waals surface area (Å²) in [5.41, 5.74) is 1.79. The quantitative estimate of drug-likeness (QED) is 0.904. The smallest absolute Gasteiger partial charge is 0.251 e. The molecule has 1 fully saturated rings. The summed E-state index contributed by atoms with van der Waals surface area (Å²) in [5.74, 6) is 1.80. The number of pyridine rings is 1. The summed E-state index contributed by atoms with van der Waals surface area (Å²) in [6, 6.07) is 3.57. The maximum Gasteiger partial charge on any atom is 0.251 e. The van der Waals surface area contributed by atoms with Crippen molar-refractivity contribution in [1.29, 1.82) is 0 Å². The Morgan fingerprint density at radius 1 is 1.52 bits per heavy atom. The fourth-order valence-electron chi connectivity index (χ4n) is 2.65. The molecule has 0 atom stereocenters. The molecule has 0 aromatic carbocycles. The summed E-state index contributed by atoms with van der Waals surface area (Å²) < 4.78 is 1.89. The number of hydrogen-bond donors (Lipinski definition) is 2. The van der Waals surface area contributed by atoms with E-state index in [1.165, 1.54) is 0 Å².